The first-order valence-electron chi connectivity index (χ1n) is 6.89. The molecule has 6 rings (SSSR count). The molecule has 2 aromatic rings. The molecule has 0 saturated heterocycles. The average Bonchev–Trinajstić information content (AvgIpc) is 2.37. The summed E-state index contributed by atoms with van der Waals surface area (Å²) in [5.74, 6) is 0. The van der Waals surface area contributed by atoms with Gasteiger partial charge in [0.15, 0.2) is 0 Å². The molecule has 0 saturated carbocycles. The van der Waals surface area contributed by atoms with Gasteiger partial charge < -0.3 is 0 Å². The molecule has 0 atom stereocenters. The number of hydrogen-bond donors (Lipinski definition) is 0. The van der Waals surface area contributed by atoms with Crippen molar-refractivity contribution in [2.24, 2.45) is 0 Å². The van der Waals surface area contributed by atoms with Crippen molar-refractivity contribution >= 4 is 0 Å². The molecule has 18 heavy (non-hydrogen) atoms. The lowest BCUT2D eigenvalue weighted by Crippen LogP contribution is -2.02. The maximum atomic E-state index is 2.40. The number of aryl methyl sites for hydroxylation is 6. The van der Waals surface area contributed by atoms with Crippen LogP contribution in [0.25, 0.3) is 0 Å². The fourth-order valence-electron chi connectivity index (χ4n) is 2.91. The standard InChI is InChI=1S/C18H20/c1-13-11-18-10-8-16-5-3-15(4-6-16)7-9-17(13)12-14(18)2/h3-6,11-12H,7-10H2,1-2H3. The molecule has 0 spiro atoms. The molecule has 0 heterocycles. The minimum Gasteiger partial charge on any atom is -0.0588 e. The molecule has 0 aromatic heterocycles. The molecule has 0 nitrogen and oxygen atoms in total. The number of benzene rings is 2. The predicted octanol–water partition coefficient (Wildman–Crippen LogP) is 4.19. The highest BCUT2D eigenvalue weighted by Gasteiger charge is 2.07. The predicted molar refractivity (Wildman–Crippen MR) is 77.2 cm³/mol. The molecular formula is C18H20. The van der Waals surface area contributed by atoms with E-state index in [-0.39, 0.29) is 0 Å². The fourth-order valence-corrected chi connectivity index (χ4v) is 2.91. The highest BCUT2D eigenvalue weighted by atomic mass is 14.1. The maximum absolute atomic E-state index is 2.40. The molecule has 92 valence electrons. The maximum Gasteiger partial charge on any atom is -0.0236 e. The summed E-state index contributed by atoms with van der Waals surface area (Å²) in [6.07, 6.45) is 4.62. The summed E-state index contributed by atoms with van der Waals surface area (Å²) in [5.41, 5.74) is 8.87. The van der Waals surface area contributed by atoms with Crippen molar-refractivity contribution in [2.75, 3.05) is 0 Å². The van der Waals surface area contributed by atoms with Crippen LogP contribution in [0.2, 0.25) is 0 Å². The molecule has 0 heteroatoms. The van der Waals surface area contributed by atoms with E-state index in [2.05, 4.69) is 50.2 Å². The van der Waals surface area contributed by atoms with E-state index in [4.69, 9.17) is 0 Å². The van der Waals surface area contributed by atoms with Gasteiger partial charge in [-0.25, -0.2) is 0 Å². The Bertz CT molecular complexity index is 509. The zero-order chi connectivity index (χ0) is 12.5. The molecule has 0 amide bonds. The molecular weight excluding hydrogens is 216 g/mol. The quantitative estimate of drug-likeness (QED) is 0.643. The molecule has 2 aromatic carbocycles. The Balaban J connectivity index is 2.05. The van der Waals surface area contributed by atoms with E-state index in [9.17, 15) is 0 Å². The van der Waals surface area contributed by atoms with E-state index in [1.165, 1.54) is 33.4 Å². The van der Waals surface area contributed by atoms with Crippen molar-refractivity contribution in [2.45, 2.75) is 39.5 Å². The van der Waals surface area contributed by atoms with Crippen LogP contribution >= 0.6 is 0 Å². The second-order valence-corrected chi connectivity index (χ2v) is 5.52. The molecule has 4 bridgehead atoms. The van der Waals surface area contributed by atoms with E-state index < -0.39 is 0 Å². The molecule has 0 radical (unpaired) electrons. The molecule has 4 aliphatic rings. The SMILES string of the molecule is Cc1cc2c(C)cc1CCc1ccc(cc1)CC2. The molecule has 0 fully saturated rings. The van der Waals surface area contributed by atoms with Crippen LogP contribution in [0, 0.1) is 13.8 Å². The van der Waals surface area contributed by atoms with Crippen molar-refractivity contribution in [3.05, 3.63) is 69.8 Å². The topological polar surface area (TPSA) is 0 Å². The Morgan fingerprint density at radius 2 is 1.00 bits per heavy atom. The lowest BCUT2D eigenvalue weighted by atomic mass is 9.91. The van der Waals surface area contributed by atoms with Gasteiger partial charge in [-0.2, -0.15) is 0 Å². The third kappa shape index (κ3) is 2.20. The van der Waals surface area contributed by atoms with Crippen molar-refractivity contribution < 1.29 is 0 Å². The Labute approximate surface area is 110 Å². The highest BCUT2D eigenvalue weighted by molar-refractivity contribution is 5.39. The lowest BCUT2D eigenvalue weighted by Gasteiger charge is -2.14. The zero-order valence-corrected chi connectivity index (χ0v) is 11.3. The van der Waals surface area contributed by atoms with Crippen LogP contribution in [0.15, 0.2) is 36.4 Å². The molecule has 0 N–H and O–H groups in total. The Hall–Kier alpha value is -1.56. The smallest absolute Gasteiger partial charge is 0.0236 e. The van der Waals surface area contributed by atoms with E-state index >= 15 is 0 Å². The third-order valence-corrected chi connectivity index (χ3v) is 4.18. The second-order valence-electron chi connectivity index (χ2n) is 5.52. The summed E-state index contributed by atoms with van der Waals surface area (Å²) in [6, 6.07) is 14.0. The van der Waals surface area contributed by atoms with E-state index in [1.54, 1.807) is 0 Å². The van der Waals surface area contributed by atoms with Gasteiger partial charge in [0, 0.05) is 0 Å². The Morgan fingerprint density at radius 1 is 0.611 bits per heavy atom. The van der Waals surface area contributed by atoms with Crippen molar-refractivity contribution in [3.63, 3.8) is 0 Å². The van der Waals surface area contributed by atoms with Crippen molar-refractivity contribution in [3.8, 4) is 0 Å². The Kier molecular flexibility index (Phi) is 2.95. The van der Waals surface area contributed by atoms with Gasteiger partial charge in [0.1, 0.15) is 0 Å². The van der Waals surface area contributed by atoms with Gasteiger partial charge in [-0.05, 0) is 72.9 Å². The summed E-state index contributed by atoms with van der Waals surface area (Å²) in [5, 5.41) is 0. The first kappa shape index (κ1) is 11.5. The van der Waals surface area contributed by atoms with Gasteiger partial charge >= 0.3 is 0 Å². The van der Waals surface area contributed by atoms with Crippen molar-refractivity contribution in [1.29, 1.82) is 0 Å². The molecule has 4 aliphatic carbocycles. The van der Waals surface area contributed by atoms with Gasteiger partial charge in [0.05, 0.1) is 0 Å². The summed E-state index contributed by atoms with van der Waals surface area (Å²) in [7, 11) is 0. The van der Waals surface area contributed by atoms with Gasteiger partial charge in [0.2, 0.25) is 0 Å². The van der Waals surface area contributed by atoms with Crippen LogP contribution in [-0.2, 0) is 25.7 Å². The molecule has 0 unspecified atom stereocenters. The fraction of sp³-hybridized carbons (Fsp3) is 0.333. The van der Waals surface area contributed by atoms with Crippen LogP contribution in [0.3, 0.4) is 0 Å². The van der Waals surface area contributed by atoms with Crippen molar-refractivity contribution in [1.82, 2.24) is 0 Å². The van der Waals surface area contributed by atoms with E-state index in [0.29, 0.717) is 0 Å². The van der Waals surface area contributed by atoms with Crippen LogP contribution in [0.5, 0.6) is 0 Å². The summed E-state index contributed by atoms with van der Waals surface area (Å²) in [4.78, 5) is 0. The minimum atomic E-state index is 1.15. The first-order valence-corrected chi connectivity index (χ1v) is 6.89. The second kappa shape index (κ2) is 4.61. The first-order chi connectivity index (χ1) is 8.72. The van der Waals surface area contributed by atoms with Crippen LogP contribution in [-0.4, -0.2) is 0 Å². The largest absolute Gasteiger partial charge is 0.0588 e. The van der Waals surface area contributed by atoms with Gasteiger partial charge in [-0.1, -0.05) is 36.4 Å². The Morgan fingerprint density at radius 3 is 1.39 bits per heavy atom. The third-order valence-electron chi connectivity index (χ3n) is 4.18. The van der Waals surface area contributed by atoms with E-state index in [1.807, 2.05) is 0 Å². The monoisotopic (exact) mass is 236 g/mol. The van der Waals surface area contributed by atoms with Crippen LogP contribution < -0.4 is 0 Å². The minimum absolute atomic E-state index is 1.15. The van der Waals surface area contributed by atoms with Gasteiger partial charge in [-0.3, -0.25) is 0 Å². The van der Waals surface area contributed by atoms with Crippen LogP contribution in [0.4, 0.5) is 0 Å². The highest BCUT2D eigenvalue weighted by Crippen LogP contribution is 2.21. The molecule has 0 aliphatic heterocycles. The summed E-state index contributed by atoms with van der Waals surface area (Å²) >= 11 is 0. The zero-order valence-electron chi connectivity index (χ0n) is 11.3. The lowest BCUT2D eigenvalue weighted by molar-refractivity contribution is 0.903. The number of hydrogen-bond acceptors (Lipinski definition) is 0. The summed E-state index contributed by atoms with van der Waals surface area (Å²) in [6.45, 7) is 4.51. The van der Waals surface area contributed by atoms with Crippen LogP contribution in [0.1, 0.15) is 33.4 Å². The normalized spacial score (nSPS) is 14.3. The average molecular weight is 236 g/mol. The van der Waals surface area contributed by atoms with Gasteiger partial charge in [0.25, 0.3) is 0 Å². The summed E-state index contributed by atoms with van der Waals surface area (Å²) < 4.78 is 0. The van der Waals surface area contributed by atoms with E-state index in [0.717, 1.165) is 25.7 Å². The van der Waals surface area contributed by atoms with Gasteiger partial charge in [-0.15, -0.1) is 0 Å². The number of rotatable bonds is 0.